The summed E-state index contributed by atoms with van der Waals surface area (Å²) >= 11 is 0. The maximum absolute atomic E-state index is 13.6. The Bertz CT molecular complexity index is 652. The fourth-order valence-corrected chi connectivity index (χ4v) is 2.77. The minimum absolute atomic E-state index is 0.0212. The second kappa shape index (κ2) is 6.11. The molecule has 7 heteroatoms. The number of halogens is 1. The molecular formula is C14H21FN2O3S. The molecule has 0 aliphatic heterocycles. The van der Waals surface area contributed by atoms with E-state index in [9.17, 15) is 17.6 Å². The Labute approximate surface area is 124 Å². The van der Waals surface area contributed by atoms with Gasteiger partial charge in [-0.25, -0.2) is 17.9 Å². The van der Waals surface area contributed by atoms with Crippen molar-refractivity contribution in [3.63, 3.8) is 0 Å². The van der Waals surface area contributed by atoms with E-state index >= 15 is 0 Å². The minimum atomic E-state index is -4.09. The molecule has 0 fully saturated rings. The molecule has 5 nitrogen and oxygen atoms in total. The van der Waals surface area contributed by atoms with Crippen LogP contribution in [0.25, 0.3) is 0 Å². The summed E-state index contributed by atoms with van der Waals surface area (Å²) in [6.07, 6.45) is 1.40. The molecule has 0 aliphatic carbocycles. The van der Waals surface area contributed by atoms with Crippen molar-refractivity contribution in [3.05, 3.63) is 29.1 Å². The number of benzene rings is 1. The van der Waals surface area contributed by atoms with E-state index in [0.29, 0.717) is 12.8 Å². The summed E-state index contributed by atoms with van der Waals surface area (Å²) in [7, 11) is -4.09. The van der Waals surface area contributed by atoms with E-state index in [0.717, 1.165) is 12.1 Å². The summed E-state index contributed by atoms with van der Waals surface area (Å²) in [4.78, 5) is 11.9. The first-order valence-electron chi connectivity index (χ1n) is 6.69. The Hall–Kier alpha value is -1.47. The molecule has 0 aromatic heterocycles. The minimum Gasteiger partial charge on any atom is -0.347 e. The molecule has 0 saturated heterocycles. The molecule has 0 unspecified atom stereocenters. The van der Waals surface area contributed by atoms with Crippen LogP contribution in [0.2, 0.25) is 0 Å². The molecule has 0 spiro atoms. The number of amides is 1. The maximum Gasteiger partial charge on any atom is 0.252 e. The smallest absolute Gasteiger partial charge is 0.252 e. The third kappa shape index (κ3) is 4.01. The van der Waals surface area contributed by atoms with Gasteiger partial charge >= 0.3 is 0 Å². The van der Waals surface area contributed by atoms with Crippen LogP contribution in [0.4, 0.5) is 4.39 Å². The van der Waals surface area contributed by atoms with E-state index in [-0.39, 0.29) is 16.0 Å². The van der Waals surface area contributed by atoms with Gasteiger partial charge in [0.2, 0.25) is 10.0 Å². The summed E-state index contributed by atoms with van der Waals surface area (Å²) < 4.78 is 36.5. The Morgan fingerprint density at radius 3 is 2.29 bits per heavy atom. The number of sulfonamides is 1. The monoisotopic (exact) mass is 316 g/mol. The van der Waals surface area contributed by atoms with E-state index in [1.165, 1.54) is 6.92 Å². The number of nitrogens with one attached hydrogen (secondary N) is 1. The summed E-state index contributed by atoms with van der Waals surface area (Å²) in [6, 6.07) is 1.84. The fraction of sp³-hybridized carbons (Fsp3) is 0.500. The van der Waals surface area contributed by atoms with E-state index < -0.39 is 27.3 Å². The largest absolute Gasteiger partial charge is 0.347 e. The average Bonchev–Trinajstić information content (AvgIpc) is 2.39. The molecule has 1 amide bonds. The lowest BCUT2D eigenvalue weighted by molar-refractivity contribution is 0.0899. The highest BCUT2D eigenvalue weighted by Gasteiger charge is 2.25. The highest BCUT2D eigenvalue weighted by atomic mass is 32.2. The number of hydrogen-bond donors (Lipinski definition) is 2. The summed E-state index contributed by atoms with van der Waals surface area (Å²) in [6.45, 7) is 7.17. The van der Waals surface area contributed by atoms with Gasteiger partial charge in [-0.05, 0) is 44.4 Å². The van der Waals surface area contributed by atoms with Crippen molar-refractivity contribution in [2.75, 3.05) is 0 Å². The molecular weight excluding hydrogens is 295 g/mol. The van der Waals surface area contributed by atoms with Crippen LogP contribution in [0.1, 0.15) is 49.5 Å². The standard InChI is InChI=1S/C14H21FN2O3S/c1-5-14(4,6-2)17-13(18)11-7-10(15)8-12(9(11)3)21(16,19)20/h7-8H,5-6H2,1-4H3,(H,17,18)(H2,16,19,20). The average molecular weight is 316 g/mol. The first-order chi connectivity index (χ1) is 9.54. The van der Waals surface area contributed by atoms with Crippen LogP contribution in [-0.4, -0.2) is 19.9 Å². The molecule has 0 heterocycles. The molecule has 1 aromatic carbocycles. The van der Waals surface area contributed by atoms with Crippen molar-refractivity contribution in [3.8, 4) is 0 Å². The Kier molecular flexibility index (Phi) is 5.11. The molecule has 118 valence electrons. The lowest BCUT2D eigenvalue weighted by Crippen LogP contribution is -2.45. The molecule has 0 saturated carbocycles. The predicted molar refractivity (Wildman–Crippen MR) is 79.0 cm³/mol. The van der Waals surface area contributed by atoms with E-state index in [1.807, 2.05) is 20.8 Å². The molecule has 0 radical (unpaired) electrons. The molecule has 0 bridgehead atoms. The van der Waals surface area contributed by atoms with Gasteiger partial charge in [-0.3, -0.25) is 4.79 Å². The highest BCUT2D eigenvalue weighted by Crippen LogP contribution is 2.22. The van der Waals surface area contributed by atoms with Gasteiger partial charge in [0.25, 0.3) is 5.91 Å². The lowest BCUT2D eigenvalue weighted by atomic mass is 9.94. The normalized spacial score (nSPS) is 12.3. The predicted octanol–water partition coefficient (Wildman–Crippen LogP) is 2.09. The molecule has 0 atom stereocenters. The van der Waals surface area contributed by atoms with E-state index in [1.54, 1.807) is 0 Å². The Morgan fingerprint density at radius 2 is 1.86 bits per heavy atom. The number of nitrogens with two attached hydrogens (primary N) is 1. The van der Waals surface area contributed by atoms with Crippen LogP contribution in [-0.2, 0) is 10.0 Å². The van der Waals surface area contributed by atoms with Crippen molar-refractivity contribution in [1.29, 1.82) is 0 Å². The molecule has 21 heavy (non-hydrogen) atoms. The van der Waals surface area contributed by atoms with Crippen molar-refractivity contribution in [2.24, 2.45) is 5.14 Å². The van der Waals surface area contributed by atoms with Crippen LogP contribution < -0.4 is 10.5 Å². The van der Waals surface area contributed by atoms with Crippen molar-refractivity contribution in [2.45, 2.75) is 51.0 Å². The quantitative estimate of drug-likeness (QED) is 0.871. The number of primary sulfonamides is 1. The van der Waals surface area contributed by atoms with Gasteiger partial charge in [0.05, 0.1) is 4.90 Å². The zero-order chi connectivity index (χ0) is 16.4. The number of rotatable bonds is 5. The van der Waals surface area contributed by atoms with Gasteiger partial charge < -0.3 is 5.32 Å². The van der Waals surface area contributed by atoms with Gasteiger partial charge in [0.15, 0.2) is 0 Å². The molecule has 1 aromatic rings. The number of carbonyl (C=O) groups is 1. The van der Waals surface area contributed by atoms with Gasteiger partial charge in [0.1, 0.15) is 5.82 Å². The molecule has 1 rings (SSSR count). The lowest BCUT2D eigenvalue weighted by Gasteiger charge is -2.28. The highest BCUT2D eigenvalue weighted by molar-refractivity contribution is 7.89. The Balaban J connectivity index is 3.32. The first-order valence-corrected chi connectivity index (χ1v) is 8.24. The van der Waals surface area contributed by atoms with E-state index in [2.05, 4.69) is 5.32 Å². The topological polar surface area (TPSA) is 89.3 Å². The number of carbonyl (C=O) groups excluding carboxylic acids is 1. The van der Waals surface area contributed by atoms with Crippen LogP contribution in [0.15, 0.2) is 17.0 Å². The van der Waals surface area contributed by atoms with Crippen LogP contribution >= 0.6 is 0 Å². The summed E-state index contributed by atoms with van der Waals surface area (Å²) in [5, 5.41) is 7.86. The first kappa shape index (κ1) is 17.6. The van der Waals surface area contributed by atoms with Crippen molar-refractivity contribution < 1.29 is 17.6 Å². The third-order valence-electron chi connectivity index (χ3n) is 3.85. The second-order valence-corrected chi connectivity index (χ2v) is 6.87. The zero-order valence-corrected chi connectivity index (χ0v) is 13.5. The van der Waals surface area contributed by atoms with Gasteiger partial charge in [-0.15, -0.1) is 0 Å². The van der Waals surface area contributed by atoms with Crippen LogP contribution in [0.3, 0.4) is 0 Å². The molecule has 3 N–H and O–H groups in total. The van der Waals surface area contributed by atoms with Gasteiger partial charge in [-0.1, -0.05) is 13.8 Å². The van der Waals surface area contributed by atoms with Gasteiger partial charge in [0, 0.05) is 11.1 Å². The Morgan fingerprint density at radius 1 is 1.33 bits per heavy atom. The third-order valence-corrected chi connectivity index (χ3v) is 4.89. The maximum atomic E-state index is 13.6. The van der Waals surface area contributed by atoms with Crippen LogP contribution in [0, 0.1) is 12.7 Å². The van der Waals surface area contributed by atoms with E-state index in [4.69, 9.17) is 5.14 Å². The summed E-state index contributed by atoms with van der Waals surface area (Å²) in [5.74, 6) is -1.33. The summed E-state index contributed by atoms with van der Waals surface area (Å²) in [5.41, 5.74) is -0.310. The van der Waals surface area contributed by atoms with Gasteiger partial charge in [-0.2, -0.15) is 0 Å². The fourth-order valence-electron chi connectivity index (χ4n) is 1.95. The zero-order valence-electron chi connectivity index (χ0n) is 12.7. The second-order valence-electron chi connectivity index (χ2n) is 5.34. The number of hydrogen-bond acceptors (Lipinski definition) is 3. The van der Waals surface area contributed by atoms with Crippen molar-refractivity contribution in [1.82, 2.24) is 5.32 Å². The molecule has 0 aliphatic rings. The van der Waals surface area contributed by atoms with Crippen LogP contribution in [0.5, 0.6) is 0 Å². The van der Waals surface area contributed by atoms with Crippen molar-refractivity contribution >= 4 is 15.9 Å². The SMILES string of the molecule is CCC(C)(CC)NC(=O)c1cc(F)cc(S(N)(=O)=O)c1C.